The molecule has 32 heavy (non-hydrogen) atoms. The maximum Gasteiger partial charge on any atom is 0.337 e. The third-order valence-corrected chi connectivity index (χ3v) is 12.8. The van der Waals surface area contributed by atoms with Gasteiger partial charge in [-0.2, -0.15) is 0 Å². The fourth-order valence-electron chi connectivity index (χ4n) is 5.85. The number of hydrogen-bond donors (Lipinski definition) is 0. The van der Waals surface area contributed by atoms with Gasteiger partial charge in [0.2, 0.25) is 0 Å². The highest BCUT2D eigenvalue weighted by molar-refractivity contribution is 6.73. The molecule has 0 amide bonds. The van der Waals surface area contributed by atoms with Crippen LogP contribution in [0.4, 0.5) is 0 Å². The van der Waals surface area contributed by atoms with Crippen LogP contribution < -0.4 is 0 Å². The van der Waals surface area contributed by atoms with Crippen LogP contribution in [0.15, 0.2) is 60.5 Å². The number of methoxy groups -OCH3 is 1. The van der Waals surface area contributed by atoms with E-state index in [1.807, 2.05) is 18.5 Å². The Morgan fingerprint density at radius 1 is 1.16 bits per heavy atom. The molecule has 4 nitrogen and oxygen atoms in total. The minimum Gasteiger partial charge on any atom is -0.465 e. The largest absolute Gasteiger partial charge is 0.465 e. The van der Waals surface area contributed by atoms with Gasteiger partial charge in [-0.25, -0.2) is 4.79 Å². The number of benzene rings is 1. The van der Waals surface area contributed by atoms with Crippen molar-refractivity contribution in [2.45, 2.75) is 64.3 Å². The Morgan fingerprint density at radius 3 is 2.59 bits per heavy atom. The third kappa shape index (κ3) is 3.86. The second kappa shape index (κ2) is 8.95. The van der Waals surface area contributed by atoms with E-state index < -0.39 is 8.32 Å². The zero-order chi connectivity index (χ0) is 22.9. The van der Waals surface area contributed by atoms with E-state index in [1.54, 1.807) is 0 Å². The molecule has 1 aromatic carbocycles. The van der Waals surface area contributed by atoms with Gasteiger partial charge in [0.05, 0.1) is 18.8 Å². The summed E-state index contributed by atoms with van der Waals surface area (Å²) in [6.45, 7) is 9.19. The Bertz CT molecular complexity index is 1050. The first kappa shape index (κ1) is 22.9. The summed E-state index contributed by atoms with van der Waals surface area (Å²) < 4.78 is 12.1. The normalized spacial score (nSPS) is 27.3. The van der Waals surface area contributed by atoms with E-state index in [9.17, 15) is 4.79 Å². The number of carbonyl (C=O) groups is 1. The van der Waals surface area contributed by atoms with E-state index >= 15 is 0 Å². The number of allylic oxidation sites excluding steroid dienone is 2. The molecule has 2 aliphatic carbocycles. The van der Waals surface area contributed by atoms with E-state index in [2.05, 4.69) is 69.1 Å². The van der Waals surface area contributed by atoms with Gasteiger partial charge < -0.3 is 9.16 Å². The van der Waals surface area contributed by atoms with Crippen LogP contribution in [0.2, 0.25) is 18.1 Å². The first-order valence-corrected chi connectivity index (χ1v) is 14.4. The summed E-state index contributed by atoms with van der Waals surface area (Å²) in [6, 6.07) is 12.2. The lowest BCUT2D eigenvalue weighted by Crippen LogP contribution is -2.41. The molecule has 1 aromatic heterocycles. The van der Waals surface area contributed by atoms with Crippen LogP contribution in [0.25, 0.3) is 10.8 Å². The highest BCUT2D eigenvalue weighted by atomic mass is 28.4. The van der Waals surface area contributed by atoms with Crippen molar-refractivity contribution in [1.82, 2.24) is 4.98 Å². The molecule has 0 bridgehead atoms. The smallest absolute Gasteiger partial charge is 0.337 e. The van der Waals surface area contributed by atoms with Crippen molar-refractivity contribution in [1.29, 1.82) is 0 Å². The van der Waals surface area contributed by atoms with Crippen LogP contribution in [-0.4, -0.2) is 32.5 Å². The predicted molar refractivity (Wildman–Crippen MR) is 132 cm³/mol. The van der Waals surface area contributed by atoms with Crippen molar-refractivity contribution in [3.05, 3.63) is 66.0 Å². The Labute approximate surface area is 192 Å². The molecule has 0 N–H and O–H groups in total. The molecule has 170 valence electrons. The number of pyridine rings is 1. The molecular weight excluding hydrogens is 414 g/mol. The molecule has 4 atom stereocenters. The zero-order valence-corrected chi connectivity index (χ0v) is 20.9. The Morgan fingerprint density at radius 2 is 1.91 bits per heavy atom. The summed E-state index contributed by atoms with van der Waals surface area (Å²) in [5.41, 5.74) is 1.83. The third-order valence-electron chi connectivity index (χ3n) is 8.11. The lowest BCUT2D eigenvalue weighted by Gasteiger charge is -2.39. The van der Waals surface area contributed by atoms with Crippen molar-refractivity contribution in [3.8, 4) is 0 Å². The highest BCUT2D eigenvalue weighted by Gasteiger charge is 2.53. The second-order valence-corrected chi connectivity index (χ2v) is 14.2. The monoisotopic (exact) mass is 449 g/mol. The SMILES string of the molecule is CC[Si](CC)(CC)OC1CC2C=C(C(=O)OC)C=CC2(C)C1c1ccc2ccncc2c1. The molecule has 0 aliphatic heterocycles. The molecule has 1 heterocycles. The molecule has 5 heteroatoms. The molecule has 2 aromatic rings. The molecule has 0 radical (unpaired) electrons. The van der Waals surface area contributed by atoms with E-state index in [4.69, 9.17) is 9.16 Å². The number of hydrogen-bond acceptors (Lipinski definition) is 4. The summed E-state index contributed by atoms with van der Waals surface area (Å²) in [5, 5.41) is 2.36. The summed E-state index contributed by atoms with van der Waals surface area (Å²) >= 11 is 0. The van der Waals surface area contributed by atoms with E-state index in [-0.39, 0.29) is 29.3 Å². The molecule has 4 rings (SSSR count). The quantitative estimate of drug-likeness (QED) is 0.362. The Balaban J connectivity index is 1.79. The van der Waals surface area contributed by atoms with Crippen molar-refractivity contribution in [2.75, 3.05) is 7.11 Å². The summed E-state index contributed by atoms with van der Waals surface area (Å²) in [7, 11) is -0.357. The van der Waals surface area contributed by atoms with Crippen molar-refractivity contribution in [3.63, 3.8) is 0 Å². The van der Waals surface area contributed by atoms with Gasteiger partial charge in [-0.15, -0.1) is 0 Å². The first-order valence-electron chi connectivity index (χ1n) is 11.9. The maximum atomic E-state index is 12.2. The van der Waals surface area contributed by atoms with Crippen LogP contribution in [-0.2, 0) is 14.0 Å². The van der Waals surface area contributed by atoms with Gasteiger partial charge >= 0.3 is 5.97 Å². The highest BCUT2D eigenvalue weighted by Crippen LogP contribution is 2.58. The molecule has 1 saturated carbocycles. The number of rotatable bonds is 7. The minimum atomic E-state index is -1.80. The number of esters is 1. The van der Waals surface area contributed by atoms with E-state index in [1.165, 1.54) is 18.1 Å². The van der Waals surface area contributed by atoms with Gasteiger partial charge in [-0.3, -0.25) is 4.98 Å². The first-order chi connectivity index (χ1) is 15.4. The van der Waals surface area contributed by atoms with Gasteiger partial charge in [0.25, 0.3) is 0 Å². The van der Waals surface area contributed by atoms with Crippen LogP contribution >= 0.6 is 0 Å². The topological polar surface area (TPSA) is 48.4 Å². The number of aromatic nitrogens is 1. The fraction of sp³-hybridized carbons (Fsp3) is 0.481. The van der Waals surface area contributed by atoms with Gasteiger partial charge in [0, 0.05) is 29.1 Å². The summed E-state index contributed by atoms with van der Waals surface area (Å²) in [4.78, 5) is 16.6. The minimum absolute atomic E-state index is 0.118. The van der Waals surface area contributed by atoms with Crippen LogP contribution in [0.1, 0.15) is 45.6 Å². The van der Waals surface area contributed by atoms with Gasteiger partial charge in [0.15, 0.2) is 8.32 Å². The van der Waals surface area contributed by atoms with Crippen molar-refractivity contribution >= 4 is 25.1 Å². The standard InChI is InChI=1S/C27H35NO3Si/c1-6-32(7-2,8-3)31-24-17-23-16-21(26(29)30-5)11-13-27(23,4)25(24)20-10-9-19-12-14-28-18-22(19)15-20/h9-16,18,23-25H,6-8,17H2,1-5H3. The van der Waals surface area contributed by atoms with Crippen LogP contribution in [0, 0.1) is 11.3 Å². The molecule has 0 spiro atoms. The molecular formula is C27H35NO3Si. The average Bonchev–Trinajstić information content (AvgIpc) is 3.12. The number of carbonyl (C=O) groups excluding carboxylic acids is 1. The summed E-state index contributed by atoms with van der Waals surface area (Å²) in [6.07, 6.45) is 11.1. The number of ether oxygens (including phenoxy) is 1. The van der Waals surface area contributed by atoms with E-state index in [0.717, 1.165) is 29.9 Å². The van der Waals surface area contributed by atoms with Crippen LogP contribution in [0.3, 0.4) is 0 Å². The number of nitrogens with zero attached hydrogens (tertiary/aromatic N) is 1. The lowest BCUT2D eigenvalue weighted by molar-refractivity contribution is -0.135. The van der Waals surface area contributed by atoms with Crippen molar-refractivity contribution < 1.29 is 14.0 Å². The number of fused-ring (bicyclic) bond motifs is 2. The molecule has 2 aliphatic rings. The summed E-state index contributed by atoms with van der Waals surface area (Å²) in [5.74, 6) is 0.194. The lowest BCUT2D eigenvalue weighted by atomic mass is 9.68. The molecule has 1 fully saturated rings. The van der Waals surface area contributed by atoms with Gasteiger partial charge in [-0.1, -0.05) is 58.1 Å². The maximum absolute atomic E-state index is 12.2. The van der Waals surface area contributed by atoms with Crippen LogP contribution in [0.5, 0.6) is 0 Å². The average molecular weight is 450 g/mol. The zero-order valence-electron chi connectivity index (χ0n) is 19.9. The Hall–Kier alpha value is -2.24. The van der Waals surface area contributed by atoms with E-state index in [0.29, 0.717) is 5.57 Å². The fourth-order valence-corrected chi connectivity index (χ4v) is 8.72. The van der Waals surface area contributed by atoms with Crippen molar-refractivity contribution in [2.24, 2.45) is 11.3 Å². The predicted octanol–water partition coefficient (Wildman–Crippen LogP) is 6.40. The molecule has 0 saturated heterocycles. The Kier molecular flexibility index (Phi) is 6.41. The molecule has 4 unspecified atom stereocenters. The second-order valence-electron chi connectivity index (χ2n) is 9.52. The van der Waals surface area contributed by atoms with Gasteiger partial charge in [0.1, 0.15) is 0 Å². The van der Waals surface area contributed by atoms with Gasteiger partial charge in [-0.05, 0) is 53.6 Å².